The molecule has 4 aromatic rings. The summed E-state index contributed by atoms with van der Waals surface area (Å²) in [6.45, 7) is 4.35. The fraction of sp³-hybridized carbons (Fsp3) is 0.192. The van der Waals surface area contributed by atoms with Gasteiger partial charge in [0.1, 0.15) is 17.6 Å². The highest BCUT2D eigenvalue weighted by Crippen LogP contribution is 2.37. The zero-order valence-electron chi connectivity index (χ0n) is 18.9. The van der Waals surface area contributed by atoms with Gasteiger partial charge in [-0.1, -0.05) is 66.4 Å². The Balaban J connectivity index is 1.40. The Kier molecular flexibility index (Phi) is 6.22. The number of anilines is 1. The van der Waals surface area contributed by atoms with Gasteiger partial charge in [0.25, 0.3) is 0 Å². The van der Waals surface area contributed by atoms with E-state index in [2.05, 4.69) is 27.9 Å². The van der Waals surface area contributed by atoms with Gasteiger partial charge in [-0.3, -0.25) is 4.79 Å². The first-order valence-electron chi connectivity index (χ1n) is 11.1. The van der Waals surface area contributed by atoms with E-state index >= 15 is 0 Å². The van der Waals surface area contributed by atoms with Crippen LogP contribution in [0.15, 0.2) is 84.0 Å². The van der Waals surface area contributed by atoms with Crippen molar-refractivity contribution in [2.45, 2.75) is 36.9 Å². The fourth-order valence-corrected chi connectivity index (χ4v) is 4.90. The molecule has 1 aliphatic rings. The fourth-order valence-electron chi connectivity index (χ4n) is 3.80. The number of hydrogen-bond donors (Lipinski definition) is 2. The lowest BCUT2D eigenvalue weighted by atomic mass is 10.0. The smallest absolute Gasteiger partial charge is 0.240 e. The molecule has 5 rings (SSSR count). The molecule has 3 aromatic carbocycles. The van der Waals surface area contributed by atoms with Crippen molar-refractivity contribution >= 4 is 23.4 Å². The van der Waals surface area contributed by atoms with Crippen molar-refractivity contribution in [2.75, 3.05) is 10.7 Å². The van der Waals surface area contributed by atoms with Gasteiger partial charge in [-0.2, -0.15) is 0 Å². The van der Waals surface area contributed by atoms with Crippen molar-refractivity contribution in [3.8, 4) is 5.75 Å². The molecule has 0 unspecified atom stereocenters. The lowest BCUT2D eigenvalue weighted by Crippen LogP contribution is -2.41. The summed E-state index contributed by atoms with van der Waals surface area (Å²) in [5.74, 6) is 1.31. The third-order valence-corrected chi connectivity index (χ3v) is 7.02. The van der Waals surface area contributed by atoms with Crippen LogP contribution in [0.5, 0.6) is 5.75 Å². The van der Waals surface area contributed by atoms with E-state index in [0.29, 0.717) is 11.0 Å². The molecule has 0 saturated heterocycles. The molecule has 0 radical (unpaired) electrons. The van der Waals surface area contributed by atoms with E-state index < -0.39 is 5.25 Å². The number of benzene rings is 3. The molecule has 0 fully saturated rings. The maximum Gasteiger partial charge on any atom is 0.240 e. The summed E-state index contributed by atoms with van der Waals surface area (Å²) in [5, 5.41) is 11.9. The normalized spacial score (nSPS) is 16.9. The number of nitrogens with zero attached hydrogens (tertiary/aromatic N) is 3. The van der Waals surface area contributed by atoms with Crippen LogP contribution in [0.2, 0.25) is 0 Å². The second kappa shape index (κ2) is 9.61. The van der Waals surface area contributed by atoms with Crippen LogP contribution in [-0.4, -0.2) is 26.0 Å². The van der Waals surface area contributed by atoms with Gasteiger partial charge in [-0.25, -0.2) is 4.68 Å². The van der Waals surface area contributed by atoms with E-state index in [1.54, 1.807) is 0 Å². The van der Waals surface area contributed by atoms with Crippen molar-refractivity contribution in [3.63, 3.8) is 0 Å². The molecule has 1 amide bonds. The molecule has 2 N–H and O–H groups in total. The molecule has 1 aliphatic heterocycles. The molecule has 2 heterocycles. The zero-order chi connectivity index (χ0) is 23.5. The summed E-state index contributed by atoms with van der Waals surface area (Å²) in [7, 11) is 0. The largest absolute Gasteiger partial charge is 0.486 e. The van der Waals surface area contributed by atoms with E-state index in [1.807, 2.05) is 90.5 Å². The SMILES string of the molecule is Cc1ccc(NC(=O)[C@@H]2Sc3nnc(COc4ccccc4)n3N[C@H]2c2ccccc2)cc1C. The monoisotopic (exact) mass is 471 g/mol. The topological polar surface area (TPSA) is 81.1 Å². The maximum absolute atomic E-state index is 13.4. The Labute approximate surface area is 202 Å². The molecule has 8 heteroatoms. The molecule has 2 atom stereocenters. The number of fused-ring (bicyclic) bond motifs is 1. The first-order chi connectivity index (χ1) is 16.6. The van der Waals surface area contributed by atoms with Crippen LogP contribution < -0.4 is 15.5 Å². The first kappa shape index (κ1) is 22.0. The average molecular weight is 472 g/mol. The Morgan fingerprint density at radius 3 is 2.47 bits per heavy atom. The van der Waals surface area contributed by atoms with Crippen molar-refractivity contribution in [1.29, 1.82) is 0 Å². The number of aryl methyl sites for hydroxylation is 2. The van der Waals surface area contributed by atoms with Gasteiger partial charge in [-0.05, 0) is 54.8 Å². The van der Waals surface area contributed by atoms with Crippen molar-refractivity contribution < 1.29 is 9.53 Å². The highest BCUT2D eigenvalue weighted by molar-refractivity contribution is 8.00. The molecular weight excluding hydrogens is 446 g/mol. The summed E-state index contributed by atoms with van der Waals surface area (Å²) < 4.78 is 7.70. The second-order valence-corrected chi connectivity index (χ2v) is 9.29. The highest BCUT2D eigenvalue weighted by atomic mass is 32.2. The van der Waals surface area contributed by atoms with Crippen LogP contribution >= 0.6 is 11.8 Å². The lowest BCUT2D eigenvalue weighted by Gasteiger charge is -2.33. The minimum Gasteiger partial charge on any atom is -0.486 e. The molecule has 172 valence electrons. The number of nitrogens with one attached hydrogen (secondary N) is 2. The number of amides is 1. The number of carbonyl (C=O) groups is 1. The summed E-state index contributed by atoms with van der Waals surface area (Å²) in [6, 6.07) is 25.2. The van der Waals surface area contributed by atoms with Gasteiger partial charge in [0.15, 0.2) is 5.82 Å². The average Bonchev–Trinajstić information content (AvgIpc) is 3.27. The van der Waals surface area contributed by atoms with E-state index in [-0.39, 0.29) is 18.6 Å². The minimum atomic E-state index is -0.441. The minimum absolute atomic E-state index is 0.0917. The number of aromatic nitrogens is 3. The van der Waals surface area contributed by atoms with Crippen LogP contribution in [0.25, 0.3) is 0 Å². The summed E-state index contributed by atoms with van der Waals surface area (Å²) in [5.41, 5.74) is 7.57. The summed E-state index contributed by atoms with van der Waals surface area (Å²) >= 11 is 1.40. The summed E-state index contributed by atoms with van der Waals surface area (Å²) in [4.78, 5) is 13.4. The molecule has 7 nitrogen and oxygen atoms in total. The third-order valence-electron chi connectivity index (χ3n) is 5.81. The Morgan fingerprint density at radius 2 is 1.74 bits per heavy atom. The molecular formula is C26H25N5O2S. The number of hydrogen-bond acceptors (Lipinski definition) is 6. The van der Waals surface area contributed by atoms with Crippen LogP contribution in [0.1, 0.15) is 28.6 Å². The van der Waals surface area contributed by atoms with Gasteiger partial charge in [0.05, 0.1) is 6.04 Å². The lowest BCUT2D eigenvalue weighted by molar-refractivity contribution is -0.116. The maximum atomic E-state index is 13.4. The predicted octanol–water partition coefficient (Wildman–Crippen LogP) is 4.87. The van der Waals surface area contributed by atoms with Crippen LogP contribution in [-0.2, 0) is 11.4 Å². The van der Waals surface area contributed by atoms with Gasteiger partial charge in [0, 0.05) is 5.69 Å². The van der Waals surface area contributed by atoms with Gasteiger partial charge >= 0.3 is 0 Å². The molecule has 0 saturated carbocycles. The van der Waals surface area contributed by atoms with Crippen molar-refractivity contribution in [3.05, 3.63) is 101 Å². The molecule has 1 aromatic heterocycles. The highest BCUT2D eigenvalue weighted by Gasteiger charge is 2.38. The van der Waals surface area contributed by atoms with Crippen molar-refractivity contribution in [2.24, 2.45) is 0 Å². The Bertz CT molecular complexity index is 1290. The zero-order valence-corrected chi connectivity index (χ0v) is 19.8. The molecule has 34 heavy (non-hydrogen) atoms. The van der Waals surface area contributed by atoms with Gasteiger partial charge in [-0.15, -0.1) is 10.2 Å². The number of para-hydroxylation sites is 1. The molecule has 0 aliphatic carbocycles. The van der Waals surface area contributed by atoms with Crippen molar-refractivity contribution in [1.82, 2.24) is 14.9 Å². The predicted molar refractivity (Wildman–Crippen MR) is 134 cm³/mol. The van der Waals surface area contributed by atoms with Gasteiger partial charge in [0.2, 0.25) is 11.1 Å². The van der Waals surface area contributed by atoms with E-state index in [1.165, 1.54) is 17.3 Å². The standard InChI is InChI=1S/C26H25N5O2S/c1-17-13-14-20(15-18(17)2)27-25(32)24-23(19-9-5-3-6-10-19)30-31-22(28-29-26(31)34-24)16-33-21-11-7-4-8-12-21/h3-15,23-24,30H,16H2,1-2H3,(H,27,32)/t23-,24+/m0/s1. The Morgan fingerprint density at radius 1 is 1.00 bits per heavy atom. The number of thioether (sulfide) groups is 1. The number of carbonyl (C=O) groups excluding carboxylic acids is 1. The van der Waals surface area contributed by atoms with E-state index in [9.17, 15) is 4.79 Å². The molecule has 0 spiro atoms. The summed E-state index contributed by atoms with van der Waals surface area (Å²) in [6.07, 6.45) is 0. The van der Waals surface area contributed by atoms with E-state index in [4.69, 9.17) is 4.74 Å². The van der Waals surface area contributed by atoms with Crippen LogP contribution in [0.4, 0.5) is 5.69 Å². The molecule has 0 bridgehead atoms. The first-order valence-corrected chi connectivity index (χ1v) is 11.9. The number of rotatable bonds is 6. The Hall–Kier alpha value is -3.78. The third kappa shape index (κ3) is 4.63. The van der Waals surface area contributed by atoms with Gasteiger partial charge < -0.3 is 15.5 Å². The number of ether oxygens (including phenoxy) is 1. The van der Waals surface area contributed by atoms with Crippen LogP contribution in [0, 0.1) is 13.8 Å². The van der Waals surface area contributed by atoms with Crippen LogP contribution in [0.3, 0.4) is 0 Å². The van der Waals surface area contributed by atoms with E-state index in [0.717, 1.165) is 22.6 Å². The second-order valence-electron chi connectivity index (χ2n) is 8.18. The quantitative estimate of drug-likeness (QED) is 0.418.